The van der Waals surface area contributed by atoms with E-state index in [0.29, 0.717) is 5.91 Å². The van der Waals surface area contributed by atoms with E-state index < -0.39 is 0 Å². The number of anilines is 1. The molecule has 0 spiro atoms. The molecule has 0 bridgehead atoms. The molecule has 0 N–H and O–H groups in total. The summed E-state index contributed by atoms with van der Waals surface area (Å²) < 4.78 is 5.25. The van der Waals surface area contributed by atoms with E-state index in [9.17, 15) is 4.79 Å². The first kappa shape index (κ1) is 19.8. The van der Waals surface area contributed by atoms with Crippen molar-refractivity contribution in [3.05, 3.63) is 59.7 Å². The molecule has 2 aromatic carbocycles. The van der Waals surface area contributed by atoms with Crippen LogP contribution in [0.2, 0.25) is 0 Å². The highest BCUT2D eigenvalue weighted by atomic mass is 16.5. The summed E-state index contributed by atoms with van der Waals surface area (Å²) in [5.41, 5.74) is 3.77. The van der Waals surface area contributed by atoms with Crippen molar-refractivity contribution in [2.45, 2.75) is 32.4 Å². The summed E-state index contributed by atoms with van der Waals surface area (Å²) in [7, 11) is 1.69. The van der Waals surface area contributed by atoms with Crippen LogP contribution in [-0.2, 0) is 11.3 Å². The van der Waals surface area contributed by atoms with Crippen LogP contribution in [0.1, 0.15) is 24.0 Å². The van der Waals surface area contributed by atoms with Gasteiger partial charge in [-0.05, 0) is 56.1 Å². The lowest BCUT2D eigenvalue weighted by Gasteiger charge is -2.38. The Hall–Kier alpha value is -2.53. The van der Waals surface area contributed by atoms with Crippen LogP contribution in [0, 0.1) is 6.92 Å². The van der Waals surface area contributed by atoms with Gasteiger partial charge in [0.05, 0.1) is 13.2 Å². The van der Waals surface area contributed by atoms with Crippen LogP contribution in [0.15, 0.2) is 48.5 Å². The van der Waals surface area contributed by atoms with Gasteiger partial charge in [0.2, 0.25) is 5.91 Å². The Kier molecular flexibility index (Phi) is 6.05. The number of carbonyl (C=O) groups excluding carboxylic acids is 1. The molecule has 5 nitrogen and oxygen atoms in total. The van der Waals surface area contributed by atoms with Gasteiger partial charge in [0, 0.05) is 38.4 Å². The number of aryl methyl sites for hydroxylation is 1. The van der Waals surface area contributed by atoms with Crippen LogP contribution >= 0.6 is 0 Å². The molecule has 1 unspecified atom stereocenters. The number of nitrogens with zero attached hydrogens (tertiary/aromatic N) is 3. The highest BCUT2D eigenvalue weighted by Crippen LogP contribution is 2.24. The SMILES string of the molecule is COc1ccc(N2CCN(C(=O)C3CCCN3Cc3cccc(C)c3)CC2)cc1. The van der Waals surface area contributed by atoms with Crippen molar-refractivity contribution in [1.29, 1.82) is 0 Å². The van der Waals surface area contributed by atoms with Gasteiger partial charge in [-0.25, -0.2) is 0 Å². The van der Waals surface area contributed by atoms with Crippen molar-refractivity contribution < 1.29 is 9.53 Å². The van der Waals surface area contributed by atoms with Crippen molar-refractivity contribution in [2.75, 3.05) is 44.7 Å². The minimum absolute atomic E-state index is 0.0306. The number of hydrogen-bond acceptors (Lipinski definition) is 4. The van der Waals surface area contributed by atoms with Crippen LogP contribution < -0.4 is 9.64 Å². The first-order valence-corrected chi connectivity index (χ1v) is 10.6. The van der Waals surface area contributed by atoms with Crippen LogP contribution in [0.3, 0.4) is 0 Å². The van der Waals surface area contributed by atoms with Gasteiger partial charge in [0.1, 0.15) is 5.75 Å². The van der Waals surface area contributed by atoms with Crippen molar-refractivity contribution in [3.8, 4) is 5.75 Å². The van der Waals surface area contributed by atoms with Crippen molar-refractivity contribution in [1.82, 2.24) is 9.80 Å². The predicted octanol–water partition coefficient (Wildman–Crippen LogP) is 3.32. The molecule has 1 atom stereocenters. The van der Waals surface area contributed by atoms with Gasteiger partial charge in [-0.3, -0.25) is 9.69 Å². The summed E-state index contributed by atoms with van der Waals surface area (Å²) in [6.07, 6.45) is 2.08. The number of likely N-dealkylation sites (tertiary alicyclic amines) is 1. The van der Waals surface area contributed by atoms with Crippen molar-refractivity contribution in [2.24, 2.45) is 0 Å². The van der Waals surface area contributed by atoms with Gasteiger partial charge in [-0.1, -0.05) is 29.8 Å². The molecule has 2 aliphatic rings. The molecule has 0 aromatic heterocycles. The van der Waals surface area contributed by atoms with E-state index in [1.807, 2.05) is 12.1 Å². The largest absolute Gasteiger partial charge is 0.497 e. The number of hydrogen-bond donors (Lipinski definition) is 0. The van der Waals surface area contributed by atoms with Crippen LogP contribution in [0.25, 0.3) is 0 Å². The third-order valence-corrected chi connectivity index (χ3v) is 6.15. The Morgan fingerprint density at radius 1 is 1.03 bits per heavy atom. The number of benzene rings is 2. The van der Waals surface area contributed by atoms with Gasteiger partial charge in [-0.15, -0.1) is 0 Å². The van der Waals surface area contributed by atoms with Gasteiger partial charge >= 0.3 is 0 Å². The third kappa shape index (κ3) is 4.56. The maximum Gasteiger partial charge on any atom is 0.240 e. The zero-order chi connectivity index (χ0) is 20.2. The zero-order valence-electron chi connectivity index (χ0n) is 17.5. The third-order valence-electron chi connectivity index (χ3n) is 6.15. The normalized spacial score (nSPS) is 20.1. The second-order valence-electron chi connectivity index (χ2n) is 8.13. The summed E-state index contributed by atoms with van der Waals surface area (Å²) in [6, 6.07) is 16.8. The minimum atomic E-state index is 0.0306. The monoisotopic (exact) mass is 393 g/mol. The molecule has 4 rings (SSSR count). The maximum absolute atomic E-state index is 13.2. The van der Waals surface area contributed by atoms with E-state index in [2.05, 4.69) is 58.0 Å². The molecule has 29 heavy (non-hydrogen) atoms. The summed E-state index contributed by atoms with van der Waals surface area (Å²) in [5, 5.41) is 0. The average Bonchev–Trinajstić information content (AvgIpc) is 3.21. The van der Waals surface area contributed by atoms with Crippen LogP contribution in [0.5, 0.6) is 5.75 Å². The number of piperazine rings is 1. The van der Waals surface area contributed by atoms with Gasteiger partial charge in [0.25, 0.3) is 0 Å². The molecule has 154 valence electrons. The van der Waals surface area contributed by atoms with Gasteiger partial charge in [-0.2, -0.15) is 0 Å². The molecule has 0 saturated carbocycles. The molecular formula is C24H31N3O2. The molecule has 2 aliphatic heterocycles. The molecule has 2 heterocycles. The Balaban J connectivity index is 1.34. The Morgan fingerprint density at radius 2 is 1.79 bits per heavy atom. The van der Waals surface area contributed by atoms with Crippen molar-refractivity contribution >= 4 is 11.6 Å². The van der Waals surface area contributed by atoms with Crippen molar-refractivity contribution in [3.63, 3.8) is 0 Å². The molecule has 2 fully saturated rings. The quantitative estimate of drug-likeness (QED) is 0.781. The Bertz CT molecular complexity index is 828. The fraction of sp³-hybridized carbons (Fsp3) is 0.458. The summed E-state index contributed by atoms with van der Waals surface area (Å²) >= 11 is 0. The minimum Gasteiger partial charge on any atom is -0.497 e. The summed E-state index contributed by atoms with van der Waals surface area (Å²) in [6.45, 7) is 7.34. The van der Waals surface area contributed by atoms with Crippen LogP contribution in [0.4, 0.5) is 5.69 Å². The summed E-state index contributed by atoms with van der Waals surface area (Å²) in [4.78, 5) is 20.0. The highest BCUT2D eigenvalue weighted by Gasteiger charge is 2.34. The molecule has 2 saturated heterocycles. The van der Waals surface area contributed by atoms with Gasteiger partial charge in [0.15, 0.2) is 0 Å². The zero-order valence-corrected chi connectivity index (χ0v) is 17.5. The lowest BCUT2D eigenvalue weighted by Crippen LogP contribution is -2.53. The number of rotatable bonds is 5. The number of ether oxygens (including phenoxy) is 1. The van der Waals surface area contributed by atoms with E-state index in [0.717, 1.165) is 57.9 Å². The van der Waals surface area contributed by atoms with Crippen LogP contribution in [-0.4, -0.2) is 61.6 Å². The van der Waals surface area contributed by atoms with E-state index in [4.69, 9.17) is 4.74 Å². The lowest BCUT2D eigenvalue weighted by atomic mass is 10.1. The first-order chi connectivity index (χ1) is 14.1. The maximum atomic E-state index is 13.2. The highest BCUT2D eigenvalue weighted by molar-refractivity contribution is 5.82. The fourth-order valence-electron chi connectivity index (χ4n) is 4.53. The van der Waals surface area contributed by atoms with E-state index in [1.165, 1.54) is 16.8 Å². The van der Waals surface area contributed by atoms with Gasteiger partial charge < -0.3 is 14.5 Å². The average molecular weight is 394 g/mol. The van der Waals surface area contributed by atoms with E-state index >= 15 is 0 Å². The Morgan fingerprint density at radius 3 is 2.48 bits per heavy atom. The second kappa shape index (κ2) is 8.87. The smallest absolute Gasteiger partial charge is 0.240 e. The standard InChI is InChI=1S/C24H31N3O2/c1-19-5-3-6-20(17-19)18-27-12-4-7-23(27)24(28)26-15-13-25(14-16-26)21-8-10-22(29-2)11-9-21/h3,5-6,8-11,17,23H,4,7,12-16,18H2,1-2H3. The molecule has 5 heteroatoms. The molecule has 2 aromatic rings. The number of amides is 1. The summed E-state index contributed by atoms with van der Waals surface area (Å²) in [5.74, 6) is 1.18. The fourth-order valence-corrected chi connectivity index (χ4v) is 4.53. The molecular weight excluding hydrogens is 362 g/mol. The molecule has 0 radical (unpaired) electrons. The molecule has 1 amide bonds. The number of methoxy groups -OCH3 is 1. The van der Waals surface area contributed by atoms with E-state index in [1.54, 1.807) is 7.11 Å². The lowest BCUT2D eigenvalue weighted by molar-refractivity contribution is -0.136. The molecule has 0 aliphatic carbocycles. The topological polar surface area (TPSA) is 36.0 Å². The van der Waals surface area contributed by atoms with E-state index in [-0.39, 0.29) is 6.04 Å². The number of carbonyl (C=O) groups is 1. The second-order valence-corrected chi connectivity index (χ2v) is 8.13. The predicted molar refractivity (Wildman–Crippen MR) is 116 cm³/mol. The Labute approximate surface area is 173 Å². The first-order valence-electron chi connectivity index (χ1n) is 10.6.